The number of hydrogen-bond acceptors (Lipinski definition) is 4. The molecule has 5 nitrogen and oxygen atoms in total. The van der Waals surface area contributed by atoms with Gasteiger partial charge in [-0.25, -0.2) is 4.79 Å². The fourth-order valence-electron chi connectivity index (χ4n) is 2.59. The Kier molecular flexibility index (Phi) is 6.78. The van der Waals surface area contributed by atoms with Crippen LogP contribution in [0.25, 0.3) is 0 Å². The molecule has 0 aliphatic rings. The van der Waals surface area contributed by atoms with Gasteiger partial charge >= 0.3 is 5.97 Å². The molecule has 2 aromatic rings. The maximum Gasteiger partial charge on any atom is 0.338 e. The molecule has 2 rings (SSSR count). The molecule has 0 fully saturated rings. The van der Waals surface area contributed by atoms with Crippen molar-refractivity contribution in [3.05, 3.63) is 59.2 Å². The monoisotopic (exact) mass is 355 g/mol. The van der Waals surface area contributed by atoms with Gasteiger partial charge in [0.05, 0.1) is 12.2 Å². The number of esters is 1. The molecule has 0 aliphatic heterocycles. The Hall–Kier alpha value is -2.82. The normalized spacial score (nSPS) is 11.5. The van der Waals surface area contributed by atoms with E-state index in [2.05, 4.69) is 5.32 Å². The Morgan fingerprint density at radius 1 is 1.08 bits per heavy atom. The molecule has 1 atom stereocenters. The molecule has 0 bridgehead atoms. The summed E-state index contributed by atoms with van der Waals surface area (Å²) in [7, 11) is 0. The summed E-state index contributed by atoms with van der Waals surface area (Å²) < 4.78 is 10.9. The predicted molar refractivity (Wildman–Crippen MR) is 102 cm³/mol. The number of rotatable bonds is 7. The van der Waals surface area contributed by atoms with Gasteiger partial charge in [0.15, 0.2) is 6.10 Å². The Morgan fingerprint density at radius 3 is 2.46 bits per heavy atom. The number of anilines is 1. The highest BCUT2D eigenvalue weighted by Crippen LogP contribution is 2.21. The van der Waals surface area contributed by atoms with Crippen LogP contribution in [-0.2, 0) is 9.53 Å². The molecule has 5 heteroatoms. The topological polar surface area (TPSA) is 64.6 Å². The van der Waals surface area contributed by atoms with Crippen molar-refractivity contribution in [2.45, 2.75) is 40.2 Å². The minimum Gasteiger partial charge on any atom is -0.481 e. The summed E-state index contributed by atoms with van der Waals surface area (Å²) in [6.45, 7) is 7.70. The van der Waals surface area contributed by atoms with Crippen LogP contribution in [0.4, 0.5) is 5.69 Å². The van der Waals surface area contributed by atoms with Gasteiger partial charge in [0, 0.05) is 5.69 Å². The van der Waals surface area contributed by atoms with Crippen LogP contribution in [0.3, 0.4) is 0 Å². The Bertz CT molecular complexity index is 785. The highest BCUT2D eigenvalue weighted by Gasteiger charge is 2.20. The molecule has 1 N–H and O–H groups in total. The molecule has 0 aromatic heterocycles. The third kappa shape index (κ3) is 4.85. The van der Waals surface area contributed by atoms with E-state index >= 15 is 0 Å². The van der Waals surface area contributed by atoms with Gasteiger partial charge in [-0.15, -0.1) is 0 Å². The lowest BCUT2D eigenvalue weighted by Crippen LogP contribution is -2.32. The van der Waals surface area contributed by atoms with Gasteiger partial charge in [-0.05, 0) is 62.6 Å². The van der Waals surface area contributed by atoms with Crippen LogP contribution >= 0.6 is 0 Å². The lowest BCUT2D eigenvalue weighted by atomic mass is 10.1. The number of carbonyl (C=O) groups excluding carboxylic acids is 2. The maximum atomic E-state index is 12.6. The van der Waals surface area contributed by atoms with Crippen LogP contribution < -0.4 is 10.1 Å². The van der Waals surface area contributed by atoms with Gasteiger partial charge < -0.3 is 14.8 Å². The second-order valence-corrected chi connectivity index (χ2v) is 6.02. The first-order valence-corrected chi connectivity index (χ1v) is 8.77. The van der Waals surface area contributed by atoms with E-state index in [0.29, 0.717) is 35.6 Å². The Balaban J connectivity index is 2.14. The van der Waals surface area contributed by atoms with Gasteiger partial charge in [0.2, 0.25) is 0 Å². The maximum absolute atomic E-state index is 12.6. The van der Waals surface area contributed by atoms with Gasteiger partial charge in [0.25, 0.3) is 5.91 Å². The first kappa shape index (κ1) is 19.5. The first-order valence-electron chi connectivity index (χ1n) is 8.77. The van der Waals surface area contributed by atoms with Crippen LogP contribution in [0, 0.1) is 13.8 Å². The lowest BCUT2D eigenvalue weighted by molar-refractivity contribution is -0.122. The molecule has 2 aromatic carbocycles. The summed E-state index contributed by atoms with van der Waals surface area (Å²) in [6, 6.07) is 12.7. The van der Waals surface area contributed by atoms with Crippen molar-refractivity contribution in [1.29, 1.82) is 0 Å². The SMILES string of the molecule is CCOC(=O)c1cccc(NC(=O)[C@H](CC)Oc2cccc(C)c2)c1C. The zero-order valence-electron chi connectivity index (χ0n) is 15.7. The van der Waals surface area contributed by atoms with Gasteiger partial charge in [0.1, 0.15) is 5.75 Å². The van der Waals surface area contributed by atoms with E-state index in [1.165, 1.54) is 0 Å². The summed E-state index contributed by atoms with van der Waals surface area (Å²) in [5.74, 6) is 0.00580. The first-order chi connectivity index (χ1) is 12.5. The summed E-state index contributed by atoms with van der Waals surface area (Å²) in [5.41, 5.74) is 2.75. The van der Waals surface area contributed by atoms with Crippen molar-refractivity contribution >= 4 is 17.6 Å². The minimum atomic E-state index is -0.623. The highest BCUT2D eigenvalue weighted by atomic mass is 16.5. The molecule has 0 radical (unpaired) electrons. The van der Waals surface area contributed by atoms with Crippen molar-refractivity contribution in [1.82, 2.24) is 0 Å². The quantitative estimate of drug-likeness (QED) is 0.753. The van der Waals surface area contributed by atoms with Crippen LogP contribution in [0.1, 0.15) is 41.8 Å². The van der Waals surface area contributed by atoms with Gasteiger partial charge in [-0.3, -0.25) is 4.79 Å². The fourth-order valence-corrected chi connectivity index (χ4v) is 2.59. The molecule has 0 unspecified atom stereocenters. The smallest absolute Gasteiger partial charge is 0.338 e. The number of ether oxygens (including phenoxy) is 2. The van der Waals surface area contributed by atoms with Crippen LogP contribution in [0.2, 0.25) is 0 Å². The van der Waals surface area contributed by atoms with E-state index in [0.717, 1.165) is 5.56 Å². The summed E-state index contributed by atoms with van der Waals surface area (Å²) in [6.07, 6.45) is -0.0985. The van der Waals surface area contributed by atoms with Gasteiger partial charge in [-0.2, -0.15) is 0 Å². The molecule has 0 spiro atoms. The molecule has 0 saturated heterocycles. The zero-order chi connectivity index (χ0) is 19.1. The Morgan fingerprint density at radius 2 is 1.81 bits per heavy atom. The summed E-state index contributed by atoms with van der Waals surface area (Å²) in [5, 5.41) is 2.86. The zero-order valence-corrected chi connectivity index (χ0v) is 15.7. The molecule has 0 aliphatic carbocycles. The molecule has 1 amide bonds. The minimum absolute atomic E-state index is 0.252. The van der Waals surface area contributed by atoms with Crippen molar-refractivity contribution in [3.63, 3.8) is 0 Å². The molecule has 138 valence electrons. The number of benzene rings is 2. The standard InChI is InChI=1S/C21H25NO4/c1-5-19(26-16-10-7-9-14(3)13-16)20(23)22-18-12-8-11-17(15(18)4)21(24)25-6-2/h7-13,19H,5-6H2,1-4H3,(H,22,23)/t19-/m0/s1. The number of amides is 1. The predicted octanol–water partition coefficient (Wildman–Crippen LogP) is 4.28. The van der Waals surface area contributed by atoms with E-state index in [9.17, 15) is 9.59 Å². The number of nitrogens with one attached hydrogen (secondary N) is 1. The highest BCUT2D eigenvalue weighted by molar-refractivity contribution is 5.98. The van der Waals surface area contributed by atoms with Crippen molar-refractivity contribution in [3.8, 4) is 5.75 Å². The fraction of sp³-hybridized carbons (Fsp3) is 0.333. The van der Waals surface area contributed by atoms with Crippen molar-refractivity contribution in [2.24, 2.45) is 0 Å². The van der Waals surface area contributed by atoms with Crippen LogP contribution in [0.15, 0.2) is 42.5 Å². The average molecular weight is 355 g/mol. The van der Waals surface area contributed by atoms with Crippen LogP contribution in [-0.4, -0.2) is 24.6 Å². The summed E-state index contributed by atoms with van der Waals surface area (Å²) >= 11 is 0. The molecule has 26 heavy (non-hydrogen) atoms. The van der Waals surface area contributed by atoms with Crippen molar-refractivity contribution < 1.29 is 19.1 Å². The second-order valence-electron chi connectivity index (χ2n) is 6.02. The third-order valence-electron chi connectivity index (χ3n) is 4.02. The van der Waals surface area contributed by atoms with E-state index in [-0.39, 0.29) is 5.91 Å². The molecular weight excluding hydrogens is 330 g/mol. The number of aryl methyl sites for hydroxylation is 1. The van der Waals surface area contributed by atoms with Crippen molar-refractivity contribution in [2.75, 3.05) is 11.9 Å². The van der Waals surface area contributed by atoms with E-state index in [1.807, 2.05) is 38.1 Å². The Labute approximate surface area is 154 Å². The molecular formula is C21H25NO4. The summed E-state index contributed by atoms with van der Waals surface area (Å²) in [4.78, 5) is 24.6. The van der Waals surface area contributed by atoms with E-state index in [4.69, 9.17) is 9.47 Å². The number of hydrogen-bond donors (Lipinski definition) is 1. The third-order valence-corrected chi connectivity index (χ3v) is 4.02. The van der Waals surface area contributed by atoms with Gasteiger partial charge in [-0.1, -0.05) is 25.1 Å². The molecule has 0 heterocycles. The second kappa shape index (κ2) is 9.04. The average Bonchev–Trinajstić information content (AvgIpc) is 2.61. The van der Waals surface area contributed by atoms with E-state index in [1.54, 1.807) is 32.0 Å². The van der Waals surface area contributed by atoms with Crippen LogP contribution in [0.5, 0.6) is 5.75 Å². The lowest BCUT2D eigenvalue weighted by Gasteiger charge is -2.19. The van der Waals surface area contributed by atoms with E-state index < -0.39 is 12.1 Å². The molecule has 0 saturated carbocycles. The number of carbonyl (C=O) groups is 2. The largest absolute Gasteiger partial charge is 0.481 e.